The molecule has 0 saturated heterocycles. The highest BCUT2D eigenvalue weighted by Gasteiger charge is 2.19. The number of carbonyl (C=O) groups excluding carboxylic acids is 1. The lowest BCUT2D eigenvalue weighted by Gasteiger charge is -2.24. The van der Waals surface area contributed by atoms with Gasteiger partial charge in [-0.15, -0.1) is 0 Å². The first kappa shape index (κ1) is 9.59. The molecular weight excluding hydrogens is 130 g/mol. The first-order valence-electron chi connectivity index (χ1n) is 3.45. The highest BCUT2D eigenvalue weighted by molar-refractivity contribution is 5.65. The van der Waals surface area contributed by atoms with Crippen LogP contribution < -0.4 is 0 Å². The second-order valence-electron chi connectivity index (χ2n) is 3.00. The molecular formula is C7H16NO2+. The molecule has 1 N–H and O–H groups in total. The first-order valence-corrected chi connectivity index (χ1v) is 3.45. The standard InChI is InChI=1S/C7H16NO2/c1-7(10)8(2,3)5-4-6-9/h9H,4-6H2,1-3H3/q+1. The van der Waals surface area contributed by atoms with Gasteiger partial charge in [-0.2, -0.15) is 0 Å². The molecule has 10 heavy (non-hydrogen) atoms. The molecule has 0 aliphatic carbocycles. The maximum Gasteiger partial charge on any atom is 0.310 e. The molecule has 0 fully saturated rings. The molecule has 0 rings (SSSR count). The van der Waals surface area contributed by atoms with Gasteiger partial charge in [0.25, 0.3) is 0 Å². The van der Waals surface area contributed by atoms with E-state index in [-0.39, 0.29) is 12.5 Å². The largest absolute Gasteiger partial charge is 0.396 e. The van der Waals surface area contributed by atoms with Crippen LogP contribution in [0.5, 0.6) is 0 Å². The minimum atomic E-state index is 0.133. The topological polar surface area (TPSA) is 37.3 Å². The number of amides is 1. The number of rotatable bonds is 3. The maximum atomic E-state index is 10.9. The normalized spacial score (nSPS) is 11.6. The van der Waals surface area contributed by atoms with E-state index >= 15 is 0 Å². The molecule has 3 heteroatoms. The van der Waals surface area contributed by atoms with Gasteiger partial charge in [0.15, 0.2) is 0 Å². The fraction of sp³-hybridized carbons (Fsp3) is 0.857. The van der Waals surface area contributed by atoms with Gasteiger partial charge in [-0.3, -0.25) is 4.48 Å². The average Bonchev–Trinajstić information content (AvgIpc) is 1.84. The van der Waals surface area contributed by atoms with Crippen molar-refractivity contribution in [3.8, 4) is 0 Å². The summed E-state index contributed by atoms with van der Waals surface area (Å²) < 4.78 is 0.362. The molecule has 0 spiro atoms. The molecule has 0 aromatic heterocycles. The third-order valence-corrected chi connectivity index (χ3v) is 1.73. The summed E-state index contributed by atoms with van der Waals surface area (Å²) in [6.45, 7) is 2.44. The Hall–Kier alpha value is -0.410. The third kappa shape index (κ3) is 2.94. The summed E-state index contributed by atoms with van der Waals surface area (Å²) in [6.07, 6.45) is 0.687. The Bertz CT molecular complexity index is 121. The van der Waals surface area contributed by atoms with Crippen LogP contribution in [0.25, 0.3) is 0 Å². The van der Waals surface area contributed by atoms with E-state index in [1.807, 2.05) is 14.1 Å². The lowest BCUT2D eigenvalue weighted by molar-refractivity contribution is -0.813. The van der Waals surface area contributed by atoms with Crippen molar-refractivity contribution in [2.75, 3.05) is 27.2 Å². The number of hydrogen-bond acceptors (Lipinski definition) is 2. The van der Waals surface area contributed by atoms with Gasteiger partial charge in [0, 0.05) is 13.0 Å². The number of nitrogens with zero attached hydrogens (tertiary/aromatic N) is 1. The van der Waals surface area contributed by atoms with Crippen molar-refractivity contribution in [3.05, 3.63) is 0 Å². The summed E-state index contributed by atoms with van der Waals surface area (Å²) in [6, 6.07) is 0. The average molecular weight is 146 g/mol. The van der Waals surface area contributed by atoms with Crippen LogP contribution >= 0.6 is 0 Å². The second kappa shape index (κ2) is 3.68. The van der Waals surface area contributed by atoms with E-state index in [4.69, 9.17) is 5.11 Å². The fourth-order valence-corrected chi connectivity index (χ4v) is 0.623. The summed E-state index contributed by atoms with van der Waals surface area (Å²) in [4.78, 5) is 10.9. The monoisotopic (exact) mass is 146 g/mol. The molecule has 0 bridgehead atoms. The number of quaternary nitrogens is 1. The van der Waals surface area contributed by atoms with Crippen molar-refractivity contribution in [1.29, 1.82) is 0 Å². The molecule has 3 nitrogen and oxygen atoms in total. The van der Waals surface area contributed by atoms with E-state index in [0.29, 0.717) is 17.4 Å². The van der Waals surface area contributed by atoms with Gasteiger partial charge >= 0.3 is 5.91 Å². The van der Waals surface area contributed by atoms with E-state index in [9.17, 15) is 4.79 Å². The van der Waals surface area contributed by atoms with Crippen molar-refractivity contribution >= 4 is 5.91 Å². The zero-order valence-electron chi connectivity index (χ0n) is 6.92. The Kier molecular flexibility index (Phi) is 3.53. The van der Waals surface area contributed by atoms with Gasteiger partial charge in [-0.25, -0.2) is 4.79 Å². The molecule has 0 aromatic carbocycles. The molecule has 60 valence electrons. The summed E-state index contributed by atoms with van der Waals surface area (Å²) >= 11 is 0. The van der Waals surface area contributed by atoms with E-state index in [1.165, 1.54) is 0 Å². The minimum absolute atomic E-state index is 0.133. The lowest BCUT2D eigenvalue weighted by atomic mass is 10.3. The van der Waals surface area contributed by atoms with Gasteiger partial charge in [0.2, 0.25) is 0 Å². The van der Waals surface area contributed by atoms with Crippen LogP contribution in [0.15, 0.2) is 0 Å². The Labute approximate surface area is 61.9 Å². The van der Waals surface area contributed by atoms with E-state index in [2.05, 4.69) is 0 Å². The fourth-order valence-electron chi connectivity index (χ4n) is 0.623. The molecule has 0 aromatic rings. The van der Waals surface area contributed by atoms with E-state index in [0.717, 1.165) is 0 Å². The van der Waals surface area contributed by atoms with E-state index < -0.39 is 0 Å². The number of carbonyl (C=O) groups is 1. The number of aliphatic hydroxyl groups is 1. The molecule has 0 heterocycles. The van der Waals surface area contributed by atoms with Gasteiger partial charge in [0.1, 0.15) is 0 Å². The summed E-state index contributed by atoms with van der Waals surface area (Å²) in [5, 5.41) is 8.49. The molecule has 1 amide bonds. The van der Waals surface area contributed by atoms with Crippen molar-refractivity contribution in [1.82, 2.24) is 0 Å². The van der Waals surface area contributed by atoms with Crippen LogP contribution in [0, 0.1) is 0 Å². The Balaban J connectivity index is 3.75. The predicted octanol–water partition coefficient (Wildman–Crippen LogP) is -0.00830. The van der Waals surface area contributed by atoms with Crippen LogP contribution in [0.1, 0.15) is 13.3 Å². The Morgan fingerprint density at radius 3 is 2.30 bits per heavy atom. The minimum Gasteiger partial charge on any atom is -0.396 e. The first-order chi connectivity index (χ1) is 4.50. The van der Waals surface area contributed by atoms with Crippen molar-refractivity contribution in [2.45, 2.75) is 13.3 Å². The van der Waals surface area contributed by atoms with Crippen molar-refractivity contribution in [3.63, 3.8) is 0 Å². The molecule has 0 unspecified atom stereocenters. The molecule has 0 aliphatic heterocycles. The third-order valence-electron chi connectivity index (χ3n) is 1.73. The highest BCUT2D eigenvalue weighted by atomic mass is 16.3. The summed E-state index contributed by atoms with van der Waals surface area (Å²) in [5.41, 5.74) is 0. The second-order valence-corrected chi connectivity index (χ2v) is 3.00. The molecule has 0 saturated carbocycles. The van der Waals surface area contributed by atoms with Crippen LogP contribution in [0.4, 0.5) is 0 Å². The summed E-state index contributed by atoms with van der Waals surface area (Å²) in [7, 11) is 3.69. The summed E-state index contributed by atoms with van der Waals surface area (Å²) in [5.74, 6) is 0.133. The van der Waals surface area contributed by atoms with Crippen molar-refractivity contribution in [2.24, 2.45) is 0 Å². The zero-order chi connectivity index (χ0) is 8.20. The van der Waals surface area contributed by atoms with Gasteiger partial charge < -0.3 is 5.11 Å². The van der Waals surface area contributed by atoms with Crippen LogP contribution in [0.3, 0.4) is 0 Å². The predicted molar refractivity (Wildman–Crippen MR) is 39.4 cm³/mol. The quantitative estimate of drug-likeness (QED) is 0.569. The van der Waals surface area contributed by atoms with Crippen LogP contribution in [0.2, 0.25) is 0 Å². The number of aliphatic hydroxyl groups excluding tert-OH is 1. The smallest absolute Gasteiger partial charge is 0.310 e. The Morgan fingerprint density at radius 1 is 1.50 bits per heavy atom. The van der Waals surface area contributed by atoms with Crippen molar-refractivity contribution < 1.29 is 14.4 Å². The number of hydrogen-bond donors (Lipinski definition) is 1. The Morgan fingerprint density at radius 2 is 2.00 bits per heavy atom. The lowest BCUT2D eigenvalue weighted by Crippen LogP contribution is -2.44. The van der Waals surface area contributed by atoms with Gasteiger partial charge in [0.05, 0.1) is 27.6 Å². The maximum absolute atomic E-state index is 10.9. The van der Waals surface area contributed by atoms with Crippen LogP contribution in [-0.4, -0.2) is 42.7 Å². The van der Waals surface area contributed by atoms with Gasteiger partial charge in [-0.1, -0.05) is 0 Å². The SMILES string of the molecule is CC(=O)[N+](C)(C)CCCO. The molecule has 0 atom stereocenters. The van der Waals surface area contributed by atoms with Gasteiger partial charge in [-0.05, 0) is 0 Å². The zero-order valence-corrected chi connectivity index (χ0v) is 6.92. The highest BCUT2D eigenvalue weighted by Crippen LogP contribution is 1.98. The molecule has 0 aliphatic rings. The molecule has 0 radical (unpaired) electrons. The van der Waals surface area contributed by atoms with Crippen LogP contribution in [-0.2, 0) is 4.79 Å². The van der Waals surface area contributed by atoms with E-state index in [1.54, 1.807) is 6.92 Å².